The number of pyridine rings is 1. The zero-order chi connectivity index (χ0) is 18.9. The predicted octanol–water partition coefficient (Wildman–Crippen LogP) is 3.98. The summed E-state index contributed by atoms with van der Waals surface area (Å²) in [7, 11) is 1.58. The fourth-order valence-electron chi connectivity index (χ4n) is 4.15. The van der Waals surface area contributed by atoms with Gasteiger partial charge >= 0.3 is 0 Å². The highest BCUT2D eigenvalue weighted by molar-refractivity contribution is 6.32. The Labute approximate surface area is 164 Å². The topological polar surface area (TPSA) is 54.5 Å². The number of hydrogen-bond acceptors (Lipinski definition) is 4. The molecule has 2 fully saturated rings. The lowest BCUT2D eigenvalue weighted by molar-refractivity contribution is -0.118. The second-order valence-electron chi connectivity index (χ2n) is 7.60. The van der Waals surface area contributed by atoms with Crippen molar-refractivity contribution in [1.29, 1.82) is 0 Å². The van der Waals surface area contributed by atoms with Crippen LogP contribution in [-0.2, 0) is 11.3 Å². The van der Waals surface area contributed by atoms with Crippen LogP contribution in [-0.4, -0.2) is 36.0 Å². The average molecular weight is 386 g/mol. The molecule has 1 saturated carbocycles. The zero-order valence-electron chi connectivity index (χ0n) is 15.5. The van der Waals surface area contributed by atoms with Gasteiger partial charge in [0, 0.05) is 30.5 Å². The lowest BCUT2D eigenvalue weighted by Crippen LogP contribution is -2.35. The van der Waals surface area contributed by atoms with Gasteiger partial charge in [0.25, 0.3) is 0 Å². The monoisotopic (exact) mass is 385 g/mol. The maximum Gasteiger partial charge on any atom is 0.228 e. The van der Waals surface area contributed by atoms with Crippen LogP contribution in [0.5, 0.6) is 5.75 Å². The molecule has 1 amide bonds. The van der Waals surface area contributed by atoms with E-state index in [1.165, 1.54) is 5.56 Å². The van der Waals surface area contributed by atoms with Crippen LogP contribution in [0.3, 0.4) is 0 Å². The molecule has 142 valence electrons. The molecule has 5 nitrogen and oxygen atoms in total. The number of likely N-dealkylation sites (tertiary alicyclic amines) is 1. The second-order valence-corrected chi connectivity index (χ2v) is 8.00. The van der Waals surface area contributed by atoms with E-state index in [4.69, 9.17) is 16.3 Å². The Balaban J connectivity index is 1.30. The Kier molecular flexibility index (Phi) is 5.06. The first-order valence-corrected chi connectivity index (χ1v) is 9.73. The quantitative estimate of drug-likeness (QED) is 0.845. The molecule has 1 aliphatic carbocycles. The molecule has 4 rings (SSSR count). The molecule has 1 N–H and O–H groups in total. The first-order valence-electron chi connectivity index (χ1n) is 9.35. The van der Waals surface area contributed by atoms with Crippen molar-refractivity contribution in [3.63, 3.8) is 0 Å². The van der Waals surface area contributed by atoms with Gasteiger partial charge in [0.15, 0.2) is 0 Å². The van der Waals surface area contributed by atoms with Gasteiger partial charge in [-0.2, -0.15) is 0 Å². The molecule has 1 aliphatic heterocycles. The number of nitrogens with zero attached hydrogens (tertiary/aromatic N) is 2. The molecule has 27 heavy (non-hydrogen) atoms. The number of hydrogen-bond donors (Lipinski definition) is 1. The standard InChI is InChI=1S/C21H24ClN3O2/c1-27-19-5-4-16(11-18(19)22)24-20(26)17-12-21(17)6-9-25(10-7-21)14-15-3-2-8-23-13-15/h2-5,8,11,13,17H,6-7,9-10,12,14H2,1H3,(H,24,26). The first kappa shape index (κ1) is 18.3. The summed E-state index contributed by atoms with van der Waals surface area (Å²) in [5.74, 6) is 0.828. The summed E-state index contributed by atoms with van der Waals surface area (Å²) in [6.07, 6.45) is 6.88. The minimum atomic E-state index is 0.108. The summed E-state index contributed by atoms with van der Waals surface area (Å²) in [6.45, 7) is 3.01. The van der Waals surface area contributed by atoms with Crippen molar-refractivity contribution in [2.75, 3.05) is 25.5 Å². The maximum atomic E-state index is 12.7. The van der Waals surface area contributed by atoms with Gasteiger partial charge in [-0.1, -0.05) is 17.7 Å². The predicted molar refractivity (Wildman–Crippen MR) is 106 cm³/mol. The summed E-state index contributed by atoms with van der Waals surface area (Å²) in [5.41, 5.74) is 2.16. The Morgan fingerprint density at radius 1 is 1.37 bits per heavy atom. The number of amides is 1. The smallest absolute Gasteiger partial charge is 0.228 e. The number of carbonyl (C=O) groups excluding carboxylic acids is 1. The Bertz CT molecular complexity index is 819. The molecule has 1 unspecified atom stereocenters. The van der Waals surface area contributed by atoms with Crippen LogP contribution in [0, 0.1) is 11.3 Å². The van der Waals surface area contributed by atoms with Crippen molar-refractivity contribution in [2.45, 2.75) is 25.8 Å². The van der Waals surface area contributed by atoms with Gasteiger partial charge in [-0.05, 0) is 67.6 Å². The van der Waals surface area contributed by atoms with E-state index in [1.807, 2.05) is 18.3 Å². The molecule has 1 spiro atoms. The number of anilines is 1. The molecular formula is C21H24ClN3O2. The van der Waals surface area contributed by atoms with E-state index in [0.717, 1.165) is 44.6 Å². The summed E-state index contributed by atoms with van der Waals surface area (Å²) in [6, 6.07) is 9.44. The van der Waals surface area contributed by atoms with E-state index in [1.54, 1.807) is 25.4 Å². The number of nitrogens with one attached hydrogen (secondary N) is 1. The van der Waals surface area contributed by atoms with Gasteiger partial charge in [0.1, 0.15) is 5.75 Å². The van der Waals surface area contributed by atoms with Gasteiger partial charge in [-0.3, -0.25) is 14.7 Å². The summed E-state index contributed by atoms with van der Waals surface area (Å²) in [4.78, 5) is 19.3. The number of benzene rings is 1. The van der Waals surface area contributed by atoms with Gasteiger partial charge in [0.05, 0.1) is 12.1 Å². The molecule has 6 heteroatoms. The van der Waals surface area contributed by atoms with Gasteiger partial charge in [-0.25, -0.2) is 0 Å². The second kappa shape index (κ2) is 7.49. The third kappa shape index (κ3) is 3.94. The van der Waals surface area contributed by atoms with Crippen LogP contribution >= 0.6 is 11.6 Å². The highest BCUT2D eigenvalue weighted by atomic mass is 35.5. The van der Waals surface area contributed by atoms with E-state index >= 15 is 0 Å². The number of halogens is 1. The molecule has 1 aromatic heterocycles. The van der Waals surface area contributed by atoms with Crippen LogP contribution in [0.1, 0.15) is 24.8 Å². The molecule has 0 radical (unpaired) electrons. The van der Waals surface area contributed by atoms with Crippen molar-refractivity contribution >= 4 is 23.2 Å². The molecule has 2 aromatic rings. The van der Waals surface area contributed by atoms with Crippen LogP contribution in [0.15, 0.2) is 42.7 Å². The number of aromatic nitrogens is 1. The van der Waals surface area contributed by atoms with Crippen LogP contribution in [0.25, 0.3) is 0 Å². The van der Waals surface area contributed by atoms with E-state index in [9.17, 15) is 4.79 Å². The van der Waals surface area contributed by atoms with Gasteiger partial charge in [0.2, 0.25) is 5.91 Å². The Morgan fingerprint density at radius 2 is 2.19 bits per heavy atom. The van der Waals surface area contributed by atoms with Crippen LogP contribution in [0.4, 0.5) is 5.69 Å². The van der Waals surface area contributed by atoms with Gasteiger partial charge < -0.3 is 10.1 Å². The van der Waals surface area contributed by atoms with Crippen molar-refractivity contribution in [2.24, 2.45) is 11.3 Å². The van der Waals surface area contributed by atoms with Crippen molar-refractivity contribution < 1.29 is 9.53 Å². The Hall–Kier alpha value is -2.11. The molecule has 1 aromatic carbocycles. The normalized spacial score (nSPS) is 21.0. The van der Waals surface area contributed by atoms with E-state index in [-0.39, 0.29) is 17.2 Å². The number of rotatable bonds is 5. The number of methoxy groups -OCH3 is 1. The highest BCUT2D eigenvalue weighted by Gasteiger charge is 2.58. The van der Waals surface area contributed by atoms with Crippen molar-refractivity contribution in [3.8, 4) is 5.75 Å². The molecule has 2 heterocycles. The number of piperidine rings is 1. The minimum absolute atomic E-state index is 0.108. The SMILES string of the molecule is COc1ccc(NC(=O)C2CC23CCN(Cc2cccnc2)CC3)cc1Cl. The lowest BCUT2D eigenvalue weighted by Gasteiger charge is -2.32. The number of ether oxygens (including phenoxy) is 1. The number of carbonyl (C=O) groups is 1. The average Bonchev–Trinajstić information content (AvgIpc) is 3.39. The Morgan fingerprint density at radius 3 is 2.85 bits per heavy atom. The first-order chi connectivity index (χ1) is 13.1. The van der Waals surface area contributed by atoms with Crippen molar-refractivity contribution in [1.82, 2.24) is 9.88 Å². The third-order valence-corrected chi connectivity index (χ3v) is 6.20. The van der Waals surface area contributed by atoms with Crippen molar-refractivity contribution in [3.05, 3.63) is 53.3 Å². The fourth-order valence-corrected chi connectivity index (χ4v) is 4.41. The lowest BCUT2D eigenvalue weighted by atomic mass is 9.90. The summed E-state index contributed by atoms with van der Waals surface area (Å²) >= 11 is 6.15. The minimum Gasteiger partial charge on any atom is -0.495 e. The van der Waals surface area contributed by atoms with E-state index in [2.05, 4.69) is 21.3 Å². The van der Waals surface area contributed by atoms with Crippen LogP contribution < -0.4 is 10.1 Å². The summed E-state index contributed by atoms with van der Waals surface area (Å²) < 4.78 is 5.15. The summed E-state index contributed by atoms with van der Waals surface area (Å²) in [5, 5.41) is 3.52. The van der Waals surface area contributed by atoms with E-state index < -0.39 is 0 Å². The fraction of sp³-hybridized carbons (Fsp3) is 0.429. The molecule has 2 aliphatic rings. The highest BCUT2D eigenvalue weighted by Crippen LogP contribution is 2.59. The zero-order valence-corrected chi connectivity index (χ0v) is 16.2. The molecule has 1 atom stereocenters. The maximum absolute atomic E-state index is 12.7. The van der Waals surface area contributed by atoms with Crippen LogP contribution in [0.2, 0.25) is 5.02 Å². The third-order valence-electron chi connectivity index (χ3n) is 5.91. The van der Waals surface area contributed by atoms with Gasteiger partial charge in [-0.15, -0.1) is 0 Å². The molecular weight excluding hydrogens is 362 g/mol. The van der Waals surface area contributed by atoms with E-state index in [0.29, 0.717) is 10.8 Å². The molecule has 0 bridgehead atoms. The molecule has 1 saturated heterocycles. The largest absolute Gasteiger partial charge is 0.495 e.